The summed E-state index contributed by atoms with van der Waals surface area (Å²) in [7, 11) is 1.59. The molecule has 4 aromatic rings. The molecule has 0 atom stereocenters. The SMILES string of the molecule is COCc1cc(C)nc(N/N=C/c2cn(Cc3ccc(F)cc3)c3ccccc23)c1C#N. The minimum atomic E-state index is -0.250. The molecule has 0 aliphatic carbocycles. The van der Waals surface area contributed by atoms with Crippen LogP contribution in [0.2, 0.25) is 0 Å². The molecule has 7 heteroatoms. The summed E-state index contributed by atoms with van der Waals surface area (Å²) in [5, 5.41) is 15.0. The van der Waals surface area contributed by atoms with Crippen molar-refractivity contribution >= 4 is 22.9 Å². The van der Waals surface area contributed by atoms with Crippen molar-refractivity contribution in [1.29, 1.82) is 5.26 Å². The lowest BCUT2D eigenvalue weighted by molar-refractivity contribution is 0.184. The lowest BCUT2D eigenvalue weighted by atomic mass is 10.1. The van der Waals surface area contributed by atoms with Crippen LogP contribution in [0.25, 0.3) is 10.9 Å². The number of nitriles is 1. The van der Waals surface area contributed by atoms with Gasteiger partial charge in [-0.2, -0.15) is 10.4 Å². The van der Waals surface area contributed by atoms with E-state index in [1.807, 2.05) is 43.5 Å². The molecule has 0 radical (unpaired) electrons. The van der Waals surface area contributed by atoms with E-state index < -0.39 is 0 Å². The van der Waals surface area contributed by atoms with E-state index in [2.05, 4.69) is 26.1 Å². The average Bonchev–Trinajstić information content (AvgIpc) is 3.13. The minimum Gasteiger partial charge on any atom is -0.380 e. The molecule has 1 N–H and O–H groups in total. The first-order chi connectivity index (χ1) is 15.6. The topological polar surface area (TPSA) is 75.2 Å². The van der Waals surface area contributed by atoms with E-state index in [9.17, 15) is 9.65 Å². The fourth-order valence-electron chi connectivity index (χ4n) is 3.67. The van der Waals surface area contributed by atoms with Gasteiger partial charge in [0.05, 0.1) is 12.8 Å². The third-order valence-corrected chi connectivity index (χ3v) is 5.10. The number of nitrogens with one attached hydrogen (secondary N) is 1. The van der Waals surface area contributed by atoms with Gasteiger partial charge < -0.3 is 9.30 Å². The highest BCUT2D eigenvalue weighted by Crippen LogP contribution is 2.22. The minimum absolute atomic E-state index is 0.250. The molecule has 160 valence electrons. The van der Waals surface area contributed by atoms with Crippen LogP contribution in [0.5, 0.6) is 0 Å². The highest BCUT2D eigenvalue weighted by molar-refractivity contribution is 5.99. The van der Waals surface area contributed by atoms with Gasteiger partial charge in [-0.05, 0) is 36.8 Å². The molecular formula is C25H22FN5O. The number of para-hydroxylation sites is 1. The Labute approximate surface area is 185 Å². The van der Waals surface area contributed by atoms with Crippen LogP contribution in [-0.4, -0.2) is 22.9 Å². The number of fused-ring (bicyclic) bond motifs is 1. The van der Waals surface area contributed by atoms with Crippen molar-refractivity contribution < 1.29 is 9.13 Å². The maximum absolute atomic E-state index is 13.2. The molecule has 2 aromatic heterocycles. The van der Waals surface area contributed by atoms with Crippen LogP contribution < -0.4 is 5.43 Å². The van der Waals surface area contributed by atoms with Crippen molar-refractivity contribution in [1.82, 2.24) is 9.55 Å². The fourth-order valence-corrected chi connectivity index (χ4v) is 3.67. The van der Waals surface area contributed by atoms with Crippen LogP contribution >= 0.6 is 0 Å². The Morgan fingerprint density at radius 2 is 2.00 bits per heavy atom. The molecular weight excluding hydrogens is 405 g/mol. The smallest absolute Gasteiger partial charge is 0.164 e. The summed E-state index contributed by atoms with van der Waals surface area (Å²) in [5.41, 5.74) is 7.82. The highest BCUT2D eigenvalue weighted by atomic mass is 19.1. The molecule has 2 aromatic carbocycles. The largest absolute Gasteiger partial charge is 0.380 e. The molecule has 4 rings (SSSR count). The number of aromatic nitrogens is 2. The number of aryl methyl sites for hydroxylation is 1. The van der Waals surface area contributed by atoms with E-state index in [1.165, 1.54) is 12.1 Å². The zero-order valence-corrected chi connectivity index (χ0v) is 17.8. The molecule has 0 amide bonds. The Morgan fingerprint density at radius 3 is 2.75 bits per heavy atom. The second-order valence-corrected chi connectivity index (χ2v) is 7.42. The van der Waals surface area contributed by atoms with Crippen molar-refractivity contribution in [2.75, 3.05) is 12.5 Å². The highest BCUT2D eigenvalue weighted by Gasteiger charge is 2.11. The third kappa shape index (κ3) is 4.51. The lowest BCUT2D eigenvalue weighted by Crippen LogP contribution is -2.03. The van der Waals surface area contributed by atoms with Crippen molar-refractivity contribution in [2.45, 2.75) is 20.1 Å². The fraction of sp³-hybridized carbons (Fsp3) is 0.160. The van der Waals surface area contributed by atoms with Crippen LogP contribution in [0.4, 0.5) is 10.2 Å². The Morgan fingerprint density at radius 1 is 1.22 bits per heavy atom. The van der Waals surface area contributed by atoms with Crippen molar-refractivity contribution in [2.24, 2.45) is 5.10 Å². The molecule has 2 heterocycles. The molecule has 0 aliphatic rings. The van der Waals surface area contributed by atoms with Gasteiger partial charge in [-0.3, -0.25) is 5.43 Å². The number of hydrazone groups is 1. The molecule has 0 unspecified atom stereocenters. The summed E-state index contributed by atoms with van der Waals surface area (Å²) in [5.74, 6) is 0.144. The number of benzene rings is 2. The predicted molar refractivity (Wildman–Crippen MR) is 123 cm³/mol. The van der Waals surface area contributed by atoms with Crippen molar-refractivity contribution in [3.05, 3.63) is 94.6 Å². The monoisotopic (exact) mass is 427 g/mol. The standard InChI is InChI=1S/C25H22FN5O/c1-17-11-19(16-32-2)23(12-27)25(29-17)30-28-13-20-15-31(24-6-4-3-5-22(20)24)14-18-7-9-21(26)10-8-18/h3-11,13,15H,14,16H2,1-2H3,(H,29,30)/b28-13+. The Balaban J connectivity index is 1.63. The second-order valence-electron chi connectivity index (χ2n) is 7.42. The van der Waals surface area contributed by atoms with Gasteiger partial charge in [0.25, 0.3) is 0 Å². The van der Waals surface area contributed by atoms with E-state index in [4.69, 9.17) is 4.74 Å². The number of pyridine rings is 1. The number of methoxy groups -OCH3 is 1. The first-order valence-corrected chi connectivity index (χ1v) is 10.1. The normalized spacial score (nSPS) is 11.2. The summed E-state index contributed by atoms with van der Waals surface area (Å²) < 4.78 is 20.5. The summed E-state index contributed by atoms with van der Waals surface area (Å²) in [6, 6.07) is 18.5. The van der Waals surface area contributed by atoms with Crippen LogP contribution in [0, 0.1) is 24.1 Å². The summed E-state index contributed by atoms with van der Waals surface area (Å²) >= 11 is 0. The van der Waals surface area contributed by atoms with E-state index >= 15 is 0 Å². The van der Waals surface area contributed by atoms with Gasteiger partial charge in [0.1, 0.15) is 17.4 Å². The second kappa shape index (κ2) is 9.41. The quantitative estimate of drug-likeness (QED) is 0.333. The Bertz CT molecular complexity index is 1320. The van der Waals surface area contributed by atoms with Crippen LogP contribution in [0.3, 0.4) is 0 Å². The number of rotatable bonds is 7. The number of hydrogen-bond donors (Lipinski definition) is 1. The van der Waals surface area contributed by atoms with Crippen molar-refractivity contribution in [3.8, 4) is 6.07 Å². The van der Waals surface area contributed by atoms with E-state index in [-0.39, 0.29) is 5.82 Å². The molecule has 0 spiro atoms. The van der Waals surface area contributed by atoms with Gasteiger partial charge >= 0.3 is 0 Å². The number of halogens is 1. The van der Waals surface area contributed by atoms with Gasteiger partial charge in [-0.1, -0.05) is 30.3 Å². The third-order valence-electron chi connectivity index (χ3n) is 5.10. The molecule has 0 bridgehead atoms. The molecule has 0 fully saturated rings. The van der Waals surface area contributed by atoms with Gasteiger partial charge in [0.15, 0.2) is 5.82 Å². The maximum Gasteiger partial charge on any atom is 0.164 e. The van der Waals surface area contributed by atoms with Crippen molar-refractivity contribution in [3.63, 3.8) is 0 Å². The molecule has 0 saturated carbocycles. The maximum atomic E-state index is 13.2. The Hall–Kier alpha value is -4.02. The first kappa shape index (κ1) is 21.2. The van der Waals surface area contributed by atoms with Gasteiger partial charge in [0, 0.05) is 47.6 Å². The number of nitrogens with zero attached hydrogens (tertiary/aromatic N) is 4. The first-order valence-electron chi connectivity index (χ1n) is 10.1. The molecule has 0 saturated heterocycles. The van der Waals surface area contributed by atoms with Gasteiger partial charge in [0.2, 0.25) is 0 Å². The van der Waals surface area contributed by atoms with Crippen LogP contribution in [-0.2, 0) is 17.9 Å². The summed E-state index contributed by atoms with van der Waals surface area (Å²) in [4.78, 5) is 4.41. The van der Waals surface area contributed by atoms with Crippen LogP contribution in [0.1, 0.15) is 27.9 Å². The van der Waals surface area contributed by atoms with Crippen LogP contribution in [0.15, 0.2) is 65.9 Å². The number of ether oxygens (including phenoxy) is 1. The number of anilines is 1. The van der Waals surface area contributed by atoms with Gasteiger partial charge in [-0.25, -0.2) is 9.37 Å². The van der Waals surface area contributed by atoms with Gasteiger partial charge in [-0.15, -0.1) is 0 Å². The lowest BCUT2D eigenvalue weighted by Gasteiger charge is -2.09. The summed E-state index contributed by atoms with van der Waals surface area (Å²) in [6.45, 7) is 2.79. The molecule has 32 heavy (non-hydrogen) atoms. The van der Waals surface area contributed by atoms with E-state index in [0.717, 1.165) is 33.3 Å². The number of hydrogen-bond acceptors (Lipinski definition) is 5. The average molecular weight is 427 g/mol. The zero-order chi connectivity index (χ0) is 22.5. The Kier molecular flexibility index (Phi) is 6.24. The summed E-state index contributed by atoms with van der Waals surface area (Å²) in [6.07, 6.45) is 3.72. The predicted octanol–water partition coefficient (Wildman–Crippen LogP) is 5.00. The molecule has 6 nitrogen and oxygen atoms in total. The van der Waals surface area contributed by atoms with E-state index in [0.29, 0.717) is 24.5 Å². The molecule has 0 aliphatic heterocycles. The zero-order valence-electron chi connectivity index (χ0n) is 17.8. The van der Waals surface area contributed by atoms with E-state index in [1.54, 1.807) is 25.5 Å².